The van der Waals surface area contributed by atoms with Crippen LogP contribution >= 0.6 is 0 Å². The highest BCUT2D eigenvalue weighted by molar-refractivity contribution is 6.61. The third-order valence-corrected chi connectivity index (χ3v) is 3.08. The number of nitrogens with one attached hydrogen (secondary N) is 1. The predicted molar refractivity (Wildman–Crippen MR) is 69.6 cm³/mol. The van der Waals surface area contributed by atoms with E-state index in [1.54, 1.807) is 12.3 Å². The molecule has 1 aliphatic heterocycles. The van der Waals surface area contributed by atoms with Gasteiger partial charge in [0.1, 0.15) is 5.82 Å². The van der Waals surface area contributed by atoms with Crippen LogP contribution in [0.15, 0.2) is 18.3 Å². The summed E-state index contributed by atoms with van der Waals surface area (Å²) in [7, 11) is -0.395. The van der Waals surface area contributed by atoms with Gasteiger partial charge in [0.15, 0.2) is 0 Å². The fourth-order valence-corrected chi connectivity index (χ4v) is 1.69. The molecule has 2 heterocycles. The first kappa shape index (κ1) is 13.0. The van der Waals surface area contributed by atoms with Gasteiger partial charge >= 0.3 is 7.12 Å². The maximum atomic E-state index is 10.9. The molecule has 5 nitrogen and oxygen atoms in total. The minimum atomic E-state index is -0.395. The Hall–Kier alpha value is -1.40. The van der Waals surface area contributed by atoms with Crippen LogP contribution in [-0.4, -0.2) is 29.7 Å². The molecule has 1 saturated heterocycles. The number of anilines is 1. The summed E-state index contributed by atoms with van der Waals surface area (Å²) in [6, 6.07) is 3.58. The van der Waals surface area contributed by atoms with Gasteiger partial charge in [-0.25, -0.2) is 4.98 Å². The molecular formula is C12H17BN2O3. The predicted octanol–water partition coefficient (Wildman–Crippen LogP) is 0.949. The molecule has 1 atom stereocenters. The lowest BCUT2D eigenvalue weighted by atomic mass is 9.80. The van der Waals surface area contributed by atoms with E-state index in [1.807, 2.05) is 26.8 Å². The normalized spacial score (nSPS) is 22.0. The van der Waals surface area contributed by atoms with Crippen LogP contribution in [0.25, 0.3) is 0 Å². The van der Waals surface area contributed by atoms with Crippen LogP contribution in [-0.2, 0) is 14.1 Å². The first-order chi connectivity index (χ1) is 8.38. The molecule has 2 rings (SSSR count). The van der Waals surface area contributed by atoms with Crippen LogP contribution in [0.3, 0.4) is 0 Å². The number of hydrogen-bond acceptors (Lipinski definition) is 4. The number of aromatic nitrogens is 1. The average molecular weight is 248 g/mol. The molecule has 1 aromatic heterocycles. The van der Waals surface area contributed by atoms with Crippen molar-refractivity contribution in [1.29, 1.82) is 0 Å². The number of hydrogen-bond donors (Lipinski definition) is 1. The van der Waals surface area contributed by atoms with Gasteiger partial charge in [0.05, 0.1) is 11.7 Å². The van der Waals surface area contributed by atoms with Crippen LogP contribution in [0, 0.1) is 0 Å². The maximum Gasteiger partial charge on any atom is 0.496 e. The molecule has 1 aromatic rings. The number of pyridine rings is 1. The van der Waals surface area contributed by atoms with Gasteiger partial charge in [0, 0.05) is 18.6 Å². The van der Waals surface area contributed by atoms with E-state index in [4.69, 9.17) is 9.31 Å². The van der Waals surface area contributed by atoms with Crippen molar-refractivity contribution in [2.45, 2.75) is 39.4 Å². The van der Waals surface area contributed by atoms with E-state index in [0.29, 0.717) is 5.82 Å². The first-order valence-corrected chi connectivity index (χ1v) is 5.95. The molecule has 1 unspecified atom stereocenters. The number of nitrogens with zero attached hydrogens (tertiary/aromatic N) is 1. The molecular weight excluding hydrogens is 231 g/mol. The van der Waals surface area contributed by atoms with Crippen LogP contribution in [0.2, 0.25) is 0 Å². The first-order valence-electron chi connectivity index (χ1n) is 5.95. The van der Waals surface area contributed by atoms with Gasteiger partial charge in [-0.15, -0.1) is 0 Å². The minimum absolute atomic E-state index is 0.0255. The van der Waals surface area contributed by atoms with Gasteiger partial charge in [-0.05, 0) is 26.8 Å². The van der Waals surface area contributed by atoms with Crippen LogP contribution in [0.4, 0.5) is 5.82 Å². The van der Waals surface area contributed by atoms with E-state index in [1.165, 1.54) is 6.92 Å². The van der Waals surface area contributed by atoms with Crippen molar-refractivity contribution in [3.05, 3.63) is 18.3 Å². The molecule has 1 aliphatic rings. The van der Waals surface area contributed by atoms with Crippen LogP contribution < -0.4 is 10.8 Å². The van der Waals surface area contributed by atoms with Gasteiger partial charge in [0.2, 0.25) is 5.91 Å². The summed E-state index contributed by atoms with van der Waals surface area (Å²) in [4.78, 5) is 15.0. The van der Waals surface area contributed by atoms with Gasteiger partial charge in [-0.2, -0.15) is 0 Å². The smallest absolute Gasteiger partial charge is 0.402 e. The molecule has 96 valence electrons. The van der Waals surface area contributed by atoms with Crippen molar-refractivity contribution in [2.24, 2.45) is 0 Å². The van der Waals surface area contributed by atoms with Gasteiger partial charge in [-0.3, -0.25) is 4.79 Å². The summed E-state index contributed by atoms with van der Waals surface area (Å²) >= 11 is 0. The van der Waals surface area contributed by atoms with Crippen molar-refractivity contribution in [3.63, 3.8) is 0 Å². The molecule has 0 bridgehead atoms. The van der Waals surface area contributed by atoms with E-state index < -0.39 is 7.12 Å². The third-order valence-electron chi connectivity index (χ3n) is 3.08. The zero-order valence-corrected chi connectivity index (χ0v) is 11.1. The Morgan fingerprint density at radius 3 is 2.67 bits per heavy atom. The van der Waals surface area contributed by atoms with Gasteiger partial charge in [-0.1, -0.05) is 6.07 Å². The quantitative estimate of drug-likeness (QED) is 0.791. The Kier molecular flexibility index (Phi) is 3.41. The Bertz CT molecular complexity index is 447. The molecule has 1 fully saturated rings. The highest BCUT2D eigenvalue weighted by Gasteiger charge is 2.43. The number of carbonyl (C=O) groups is 1. The van der Waals surface area contributed by atoms with Gasteiger partial charge < -0.3 is 14.6 Å². The summed E-state index contributed by atoms with van der Waals surface area (Å²) in [6.07, 6.45) is 1.68. The van der Waals surface area contributed by atoms with Crippen molar-refractivity contribution in [2.75, 3.05) is 5.32 Å². The van der Waals surface area contributed by atoms with E-state index in [2.05, 4.69) is 10.3 Å². The lowest BCUT2D eigenvalue weighted by molar-refractivity contribution is -0.114. The highest BCUT2D eigenvalue weighted by Crippen LogP contribution is 2.26. The Labute approximate surface area is 107 Å². The van der Waals surface area contributed by atoms with E-state index in [9.17, 15) is 4.79 Å². The Morgan fingerprint density at radius 2 is 2.22 bits per heavy atom. The molecule has 18 heavy (non-hydrogen) atoms. The van der Waals surface area contributed by atoms with Crippen LogP contribution in [0.5, 0.6) is 0 Å². The molecule has 0 spiro atoms. The molecule has 0 radical (unpaired) electrons. The topological polar surface area (TPSA) is 60.5 Å². The molecule has 6 heteroatoms. The summed E-state index contributed by atoms with van der Waals surface area (Å²) in [5.74, 6) is 0.384. The summed E-state index contributed by atoms with van der Waals surface area (Å²) < 4.78 is 11.6. The number of carbonyl (C=O) groups excluding carboxylic acids is 1. The van der Waals surface area contributed by atoms with Crippen molar-refractivity contribution in [3.8, 4) is 0 Å². The second-order valence-corrected chi connectivity index (χ2v) is 4.99. The standard InChI is InChI=1S/C12H17BN2O3/c1-8-12(3,4)18-13(17-8)10-5-6-11(14-7-10)15-9(2)16/h5-8H,1-4H3,(H,14,15,16). The van der Waals surface area contributed by atoms with Crippen molar-refractivity contribution in [1.82, 2.24) is 4.98 Å². The maximum absolute atomic E-state index is 10.9. The second-order valence-electron chi connectivity index (χ2n) is 4.99. The number of amides is 1. The molecule has 0 aliphatic carbocycles. The van der Waals surface area contributed by atoms with Crippen molar-refractivity contribution >= 4 is 24.3 Å². The van der Waals surface area contributed by atoms with E-state index >= 15 is 0 Å². The van der Waals surface area contributed by atoms with E-state index in [-0.39, 0.29) is 17.6 Å². The SMILES string of the molecule is CC(=O)Nc1ccc(B2OC(C)C(C)(C)O2)cn1. The monoisotopic (exact) mass is 248 g/mol. The fourth-order valence-electron chi connectivity index (χ4n) is 1.69. The Morgan fingerprint density at radius 1 is 1.50 bits per heavy atom. The van der Waals surface area contributed by atoms with E-state index in [0.717, 1.165) is 5.46 Å². The molecule has 1 amide bonds. The fraction of sp³-hybridized carbons (Fsp3) is 0.500. The zero-order chi connectivity index (χ0) is 13.3. The second kappa shape index (κ2) is 4.70. The summed E-state index contributed by atoms with van der Waals surface area (Å²) in [6.45, 7) is 7.43. The Balaban J connectivity index is 2.09. The lowest BCUT2D eigenvalue weighted by Gasteiger charge is -2.21. The third kappa shape index (κ3) is 2.71. The largest absolute Gasteiger partial charge is 0.496 e. The molecule has 0 saturated carbocycles. The lowest BCUT2D eigenvalue weighted by Crippen LogP contribution is -2.35. The summed E-state index contributed by atoms with van der Waals surface area (Å²) in [5.41, 5.74) is 0.544. The number of rotatable bonds is 2. The average Bonchev–Trinajstić information content (AvgIpc) is 2.54. The molecule has 1 N–H and O–H groups in total. The summed E-state index contributed by atoms with van der Waals surface area (Å²) in [5, 5.41) is 2.62. The highest BCUT2D eigenvalue weighted by atomic mass is 16.7. The zero-order valence-electron chi connectivity index (χ0n) is 11.1. The minimum Gasteiger partial charge on any atom is -0.402 e. The van der Waals surface area contributed by atoms with Gasteiger partial charge in [0.25, 0.3) is 0 Å². The van der Waals surface area contributed by atoms with Crippen LogP contribution in [0.1, 0.15) is 27.7 Å². The molecule has 0 aromatic carbocycles. The van der Waals surface area contributed by atoms with Crippen molar-refractivity contribution < 1.29 is 14.1 Å².